The molecule has 4 rings (SSSR count). The quantitative estimate of drug-likeness (QED) is 0.750. The second-order valence-corrected chi connectivity index (χ2v) is 6.80. The summed E-state index contributed by atoms with van der Waals surface area (Å²) in [5.74, 6) is 1.18. The molecule has 2 aromatic rings. The van der Waals surface area contributed by atoms with Crippen LogP contribution in [0.2, 0.25) is 0 Å². The molecule has 0 N–H and O–H groups in total. The van der Waals surface area contributed by atoms with E-state index >= 15 is 0 Å². The van der Waals surface area contributed by atoms with E-state index in [9.17, 15) is 4.79 Å². The van der Waals surface area contributed by atoms with Crippen molar-refractivity contribution < 1.29 is 14.3 Å². The van der Waals surface area contributed by atoms with Crippen molar-refractivity contribution in [2.45, 2.75) is 31.5 Å². The zero-order valence-corrected chi connectivity index (χ0v) is 14.4. The Morgan fingerprint density at radius 3 is 2.96 bits per heavy atom. The number of hydrogen-bond acceptors (Lipinski definition) is 6. The van der Waals surface area contributed by atoms with Crippen LogP contribution < -0.4 is 4.74 Å². The lowest BCUT2D eigenvalue weighted by molar-refractivity contribution is 0.0615. The van der Waals surface area contributed by atoms with Crippen molar-refractivity contribution in [3.8, 4) is 5.75 Å². The third kappa shape index (κ3) is 3.51. The minimum atomic E-state index is -0.236. The Bertz CT molecular complexity index is 753. The van der Waals surface area contributed by atoms with Gasteiger partial charge in [0.05, 0.1) is 37.8 Å². The van der Waals surface area contributed by atoms with Gasteiger partial charge in [0, 0.05) is 20.6 Å². The van der Waals surface area contributed by atoms with E-state index in [0.717, 1.165) is 6.54 Å². The molecular weight excluding hydrogens is 324 g/mol. The highest BCUT2D eigenvalue weighted by atomic mass is 16.5. The first kappa shape index (κ1) is 16.1. The molecule has 2 aliphatic rings. The van der Waals surface area contributed by atoms with Gasteiger partial charge in [0.15, 0.2) is 11.4 Å². The van der Waals surface area contributed by atoms with Crippen LogP contribution in [-0.4, -0.2) is 68.0 Å². The van der Waals surface area contributed by atoms with Gasteiger partial charge >= 0.3 is 0 Å². The molecule has 9 heteroatoms. The normalized spacial score (nSPS) is 23.0. The highest BCUT2D eigenvalue weighted by molar-refractivity contribution is 5.92. The van der Waals surface area contributed by atoms with Gasteiger partial charge in [-0.1, -0.05) is 5.21 Å². The molecule has 2 fully saturated rings. The first-order valence-corrected chi connectivity index (χ1v) is 8.50. The predicted molar refractivity (Wildman–Crippen MR) is 87.1 cm³/mol. The highest BCUT2D eigenvalue weighted by Gasteiger charge is 2.36. The maximum atomic E-state index is 12.7. The van der Waals surface area contributed by atoms with Crippen LogP contribution in [0, 0.1) is 5.92 Å². The number of rotatable bonds is 6. The lowest BCUT2D eigenvalue weighted by Crippen LogP contribution is -2.46. The van der Waals surface area contributed by atoms with Crippen molar-refractivity contribution in [1.82, 2.24) is 29.7 Å². The second kappa shape index (κ2) is 6.47. The molecule has 0 bridgehead atoms. The summed E-state index contributed by atoms with van der Waals surface area (Å²) < 4.78 is 14.9. The van der Waals surface area contributed by atoms with E-state index in [0.29, 0.717) is 30.6 Å². The molecule has 3 heterocycles. The summed E-state index contributed by atoms with van der Waals surface area (Å²) in [4.78, 5) is 14.4. The number of carbonyl (C=O) groups excluding carboxylic acids is 1. The zero-order valence-electron chi connectivity index (χ0n) is 14.4. The molecular formula is C16H22N6O3. The fourth-order valence-electron chi connectivity index (χ4n) is 3.01. The van der Waals surface area contributed by atoms with E-state index in [1.54, 1.807) is 39.9 Å². The number of ether oxygens (including phenoxy) is 2. The Hall–Kier alpha value is -2.42. The van der Waals surface area contributed by atoms with E-state index < -0.39 is 0 Å². The summed E-state index contributed by atoms with van der Waals surface area (Å²) in [5.41, 5.74) is 0.357. The van der Waals surface area contributed by atoms with E-state index in [2.05, 4.69) is 15.4 Å². The molecule has 1 amide bonds. The smallest absolute Gasteiger partial charge is 0.276 e. The van der Waals surface area contributed by atoms with Crippen LogP contribution in [0.5, 0.6) is 5.75 Å². The van der Waals surface area contributed by atoms with Crippen LogP contribution in [-0.2, 0) is 18.3 Å². The monoisotopic (exact) mass is 346 g/mol. The summed E-state index contributed by atoms with van der Waals surface area (Å²) >= 11 is 0. The van der Waals surface area contributed by atoms with Crippen molar-refractivity contribution in [2.75, 3.05) is 20.3 Å². The molecule has 9 nitrogen and oxygen atoms in total. The Labute approximate surface area is 145 Å². The summed E-state index contributed by atoms with van der Waals surface area (Å²) in [6, 6.07) is -0.179. The van der Waals surface area contributed by atoms with Crippen LogP contribution in [0.1, 0.15) is 23.3 Å². The summed E-state index contributed by atoms with van der Waals surface area (Å²) in [6.45, 7) is 1.71. The van der Waals surface area contributed by atoms with Gasteiger partial charge in [-0.3, -0.25) is 14.2 Å². The summed E-state index contributed by atoms with van der Waals surface area (Å²) in [5, 5.41) is 12.2. The molecule has 1 aliphatic heterocycles. The Kier molecular flexibility index (Phi) is 4.16. The summed E-state index contributed by atoms with van der Waals surface area (Å²) in [7, 11) is 3.58. The van der Waals surface area contributed by atoms with E-state index in [1.165, 1.54) is 12.8 Å². The van der Waals surface area contributed by atoms with Crippen LogP contribution >= 0.6 is 0 Å². The van der Waals surface area contributed by atoms with Gasteiger partial charge in [0.25, 0.3) is 5.91 Å². The highest BCUT2D eigenvalue weighted by Crippen LogP contribution is 2.30. The molecule has 2 aromatic heterocycles. The Morgan fingerprint density at radius 2 is 2.24 bits per heavy atom. The fourth-order valence-corrected chi connectivity index (χ4v) is 3.01. The SMILES string of the molecule is CN(C(=O)c1cn(CC2CC2)nn1)[C@H]1COC[C@H]1Oc1cnn(C)c1. The zero-order chi connectivity index (χ0) is 17.4. The minimum Gasteiger partial charge on any atom is -0.482 e. The summed E-state index contributed by atoms with van der Waals surface area (Å²) in [6.07, 6.45) is 7.40. The Balaban J connectivity index is 1.41. The van der Waals surface area contributed by atoms with Gasteiger partial charge < -0.3 is 14.4 Å². The third-order valence-corrected chi connectivity index (χ3v) is 4.69. The van der Waals surface area contributed by atoms with Gasteiger partial charge in [-0.15, -0.1) is 5.10 Å². The number of aromatic nitrogens is 5. The van der Waals surface area contributed by atoms with Gasteiger partial charge in [-0.05, 0) is 18.8 Å². The third-order valence-electron chi connectivity index (χ3n) is 4.69. The molecule has 1 aliphatic carbocycles. The Morgan fingerprint density at radius 1 is 1.40 bits per heavy atom. The average Bonchev–Trinajstić information content (AvgIpc) is 2.99. The molecule has 134 valence electrons. The van der Waals surface area contributed by atoms with Crippen LogP contribution in [0.15, 0.2) is 18.6 Å². The van der Waals surface area contributed by atoms with Gasteiger partial charge in [-0.25, -0.2) is 0 Å². The number of likely N-dealkylation sites (N-methyl/N-ethyl adjacent to an activating group) is 1. The number of carbonyl (C=O) groups is 1. The first-order chi connectivity index (χ1) is 12.1. The molecule has 1 saturated heterocycles. The molecule has 0 spiro atoms. The van der Waals surface area contributed by atoms with Crippen molar-refractivity contribution >= 4 is 5.91 Å². The molecule has 25 heavy (non-hydrogen) atoms. The maximum Gasteiger partial charge on any atom is 0.276 e. The van der Waals surface area contributed by atoms with Crippen LogP contribution in [0.3, 0.4) is 0 Å². The molecule has 2 atom stereocenters. The maximum absolute atomic E-state index is 12.7. The van der Waals surface area contributed by atoms with Crippen molar-refractivity contribution in [2.24, 2.45) is 13.0 Å². The standard InChI is InChI=1S/C16H22N6O3/c1-20-7-12(5-17-20)25-15-10-24-9-14(15)21(2)16(23)13-8-22(19-18-13)6-11-3-4-11/h5,7-8,11,14-15H,3-4,6,9-10H2,1-2H3/t14-,15+/m0/s1. The lowest BCUT2D eigenvalue weighted by Gasteiger charge is -2.27. The van der Waals surface area contributed by atoms with Gasteiger partial charge in [-0.2, -0.15) is 5.10 Å². The van der Waals surface area contributed by atoms with E-state index in [4.69, 9.17) is 9.47 Å². The largest absolute Gasteiger partial charge is 0.482 e. The number of amides is 1. The fraction of sp³-hybridized carbons (Fsp3) is 0.625. The first-order valence-electron chi connectivity index (χ1n) is 8.50. The average molecular weight is 346 g/mol. The minimum absolute atomic E-state index is 0.169. The molecule has 0 unspecified atom stereocenters. The van der Waals surface area contributed by atoms with Crippen molar-refractivity contribution in [3.63, 3.8) is 0 Å². The lowest BCUT2D eigenvalue weighted by atomic mass is 10.2. The number of aryl methyl sites for hydroxylation is 1. The van der Waals surface area contributed by atoms with Crippen molar-refractivity contribution in [1.29, 1.82) is 0 Å². The predicted octanol–water partition coefficient (Wildman–Crippen LogP) is 0.340. The van der Waals surface area contributed by atoms with Crippen LogP contribution in [0.25, 0.3) is 0 Å². The second-order valence-electron chi connectivity index (χ2n) is 6.80. The number of nitrogens with zero attached hydrogens (tertiary/aromatic N) is 6. The molecule has 1 saturated carbocycles. The van der Waals surface area contributed by atoms with E-state index in [-0.39, 0.29) is 18.1 Å². The van der Waals surface area contributed by atoms with Crippen LogP contribution in [0.4, 0.5) is 0 Å². The van der Waals surface area contributed by atoms with E-state index in [1.807, 2.05) is 7.05 Å². The topological polar surface area (TPSA) is 87.3 Å². The molecule has 0 aromatic carbocycles. The molecule has 0 radical (unpaired) electrons. The number of hydrogen-bond donors (Lipinski definition) is 0. The van der Waals surface area contributed by atoms with Crippen molar-refractivity contribution in [3.05, 3.63) is 24.3 Å². The van der Waals surface area contributed by atoms with Gasteiger partial charge in [0.1, 0.15) is 6.10 Å². The van der Waals surface area contributed by atoms with Gasteiger partial charge in [0.2, 0.25) is 0 Å².